The maximum Gasteiger partial charge on any atom is 0.340 e. The van der Waals surface area contributed by atoms with Crippen molar-refractivity contribution >= 4 is 20.0 Å². The highest BCUT2D eigenvalue weighted by Gasteiger charge is 2.59. The lowest BCUT2D eigenvalue weighted by atomic mass is 9.86. The second-order valence-electron chi connectivity index (χ2n) is 9.02. The average Bonchev–Trinajstić information content (AvgIpc) is 3.04. The smallest absolute Gasteiger partial charge is 0.340 e. The Morgan fingerprint density at radius 2 is 1.50 bits per heavy atom. The molecule has 2 aromatic rings. The van der Waals surface area contributed by atoms with Crippen LogP contribution in [0.2, 0.25) is 19.6 Å². The first kappa shape index (κ1) is 23.8. The molecule has 1 aliphatic rings. The van der Waals surface area contributed by atoms with Crippen LogP contribution in [0.15, 0.2) is 60.7 Å². The summed E-state index contributed by atoms with van der Waals surface area (Å²) in [6, 6.07) is 17.4. The van der Waals surface area contributed by atoms with Crippen LogP contribution in [-0.4, -0.2) is 38.0 Å². The van der Waals surface area contributed by atoms with E-state index in [-0.39, 0.29) is 12.0 Å². The van der Waals surface area contributed by atoms with Gasteiger partial charge in [-0.2, -0.15) is 0 Å². The number of esters is 2. The topological polar surface area (TPSA) is 61.8 Å². The molecular weight excluding hydrogens is 420 g/mol. The first-order chi connectivity index (χ1) is 15.2. The van der Waals surface area contributed by atoms with E-state index in [1.807, 2.05) is 26.0 Å². The molecule has 3 rings (SSSR count). The van der Waals surface area contributed by atoms with Crippen LogP contribution in [0.5, 0.6) is 0 Å². The minimum Gasteiger partial charge on any atom is -0.435 e. The Balaban J connectivity index is 2.03. The molecule has 1 saturated heterocycles. The Kier molecular flexibility index (Phi) is 7.22. The van der Waals surface area contributed by atoms with Crippen molar-refractivity contribution in [3.8, 4) is 11.5 Å². The van der Waals surface area contributed by atoms with Gasteiger partial charge >= 0.3 is 11.9 Å². The molecule has 168 valence electrons. The summed E-state index contributed by atoms with van der Waals surface area (Å²) >= 11 is 0. The maximum atomic E-state index is 13.1. The second-order valence-corrected chi connectivity index (χ2v) is 13.8. The zero-order valence-electron chi connectivity index (χ0n) is 19.3. The highest BCUT2D eigenvalue weighted by Crippen LogP contribution is 2.42. The zero-order valence-corrected chi connectivity index (χ0v) is 20.3. The Labute approximate surface area is 191 Å². The number of benzene rings is 2. The largest absolute Gasteiger partial charge is 0.435 e. The highest BCUT2D eigenvalue weighted by molar-refractivity contribution is 6.83. The van der Waals surface area contributed by atoms with E-state index in [4.69, 9.17) is 14.2 Å². The van der Waals surface area contributed by atoms with Crippen molar-refractivity contribution in [2.45, 2.75) is 57.9 Å². The normalized spacial score (nSPS) is 24.8. The van der Waals surface area contributed by atoms with E-state index in [0.717, 1.165) is 0 Å². The van der Waals surface area contributed by atoms with Crippen molar-refractivity contribution in [3.63, 3.8) is 0 Å². The third-order valence-electron chi connectivity index (χ3n) is 5.41. The molecule has 0 saturated carbocycles. The lowest BCUT2D eigenvalue weighted by Gasteiger charge is -2.32. The maximum absolute atomic E-state index is 13.1. The van der Waals surface area contributed by atoms with Gasteiger partial charge in [-0.1, -0.05) is 75.8 Å². The third-order valence-corrected chi connectivity index (χ3v) is 6.29. The molecule has 1 aliphatic heterocycles. The minimum atomic E-state index is -1.85. The fourth-order valence-electron chi connectivity index (χ4n) is 3.58. The molecule has 0 bridgehead atoms. The molecular formula is C26H30O5Si. The van der Waals surface area contributed by atoms with E-state index >= 15 is 0 Å². The monoisotopic (exact) mass is 450 g/mol. The molecule has 4 atom stereocenters. The number of ether oxygens (including phenoxy) is 3. The molecule has 0 aromatic heterocycles. The molecule has 0 radical (unpaired) electrons. The summed E-state index contributed by atoms with van der Waals surface area (Å²) in [4.78, 5) is 26.0. The number of carbonyl (C=O) groups excluding carboxylic acids is 2. The molecule has 5 nitrogen and oxygen atoms in total. The number of hydrogen-bond donors (Lipinski definition) is 0. The van der Waals surface area contributed by atoms with E-state index in [2.05, 4.69) is 31.1 Å². The van der Waals surface area contributed by atoms with E-state index in [1.165, 1.54) is 0 Å². The second kappa shape index (κ2) is 9.72. The van der Waals surface area contributed by atoms with Crippen molar-refractivity contribution in [2.24, 2.45) is 5.92 Å². The SMILES string of the molecule is CC[C@H]1O[C@@H](OC(=O)c2ccccc2)C(C#C[Si](C)(C)C)(OC(=O)c2ccccc2)[C@H]1C. The molecule has 0 aliphatic carbocycles. The zero-order chi connectivity index (χ0) is 23.4. The number of carbonyl (C=O) groups is 2. The van der Waals surface area contributed by atoms with Gasteiger partial charge in [0.2, 0.25) is 5.60 Å². The molecule has 1 unspecified atom stereocenters. The van der Waals surface area contributed by atoms with Crippen LogP contribution in [0.3, 0.4) is 0 Å². The van der Waals surface area contributed by atoms with Gasteiger partial charge in [-0.3, -0.25) is 0 Å². The Morgan fingerprint density at radius 3 is 2.00 bits per heavy atom. The first-order valence-corrected chi connectivity index (χ1v) is 14.4. The van der Waals surface area contributed by atoms with Gasteiger partial charge in [0, 0.05) is 5.92 Å². The quantitative estimate of drug-likeness (QED) is 0.361. The van der Waals surface area contributed by atoms with Crippen LogP contribution in [-0.2, 0) is 14.2 Å². The third kappa shape index (κ3) is 5.29. The predicted octanol–water partition coefficient (Wildman–Crippen LogP) is 5.09. The van der Waals surface area contributed by atoms with Gasteiger partial charge in [0.15, 0.2) is 0 Å². The summed E-state index contributed by atoms with van der Waals surface area (Å²) in [6.07, 6.45) is -0.741. The summed E-state index contributed by atoms with van der Waals surface area (Å²) in [6.45, 7) is 10.2. The molecule has 32 heavy (non-hydrogen) atoms. The molecule has 1 fully saturated rings. The van der Waals surface area contributed by atoms with Gasteiger partial charge in [0.05, 0.1) is 17.2 Å². The highest BCUT2D eigenvalue weighted by atomic mass is 28.3. The van der Waals surface area contributed by atoms with E-state index in [9.17, 15) is 9.59 Å². The van der Waals surface area contributed by atoms with Crippen molar-refractivity contribution in [2.75, 3.05) is 0 Å². The fraction of sp³-hybridized carbons (Fsp3) is 0.385. The predicted molar refractivity (Wildman–Crippen MR) is 126 cm³/mol. The summed E-state index contributed by atoms with van der Waals surface area (Å²) in [7, 11) is -1.85. The Hall–Kier alpha value is -2.88. The molecule has 2 aromatic carbocycles. The number of hydrogen-bond acceptors (Lipinski definition) is 5. The van der Waals surface area contributed by atoms with Gasteiger partial charge in [-0.15, -0.1) is 5.54 Å². The van der Waals surface area contributed by atoms with Crippen LogP contribution in [0.4, 0.5) is 0 Å². The van der Waals surface area contributed by atoms with Crippen LogP contribution in [0, 0.1) is 17.4 Å². The van der Waals surface area contributed by atoms with Crippen LogP contribution >= 0.6 is 0 Å². The minimum absolute atomic E-state index is 0.275. The molecule has 1 heterocycles. The summed E-state index contributed by atoms with van der Waals surface area (Å²) in [5, 5.41) is 0. The molecule has 0 N–H and O–H groups in total. The van der Waals surface area contributed by atoms with Crippen molar-refractivity contribution < 1.29 is 23.8 Å². The van der Waals surface area contributed by atoms with Crippen LogP contribution in [0.25, 0.3) is 0 Å². The first-order valence-electron chi connectivity index (χ1n) is 10.9. The van der Waals surface area contributed by atoms with E-state index in [1.54, 1.807) is 48.5 Å². The van der Waals surface area contributed by atoms with Gasteiger partial charge < -0.3 is 14.2 Å². The van der Waals surface area contributed by atoms with E-state index in [0.29, 0.717) is 17.5 Å². The Bertz CT molecular complexity index is 1000. The summed E-state index contributed by atoms with van der Waals surface area (Å²) < 4.78 is 18.0. The van der Waals surface area contributed by atoms with Crippen molar-refractivity contribution in [1.82, 2.24) is 0 Å². The van der Waals surface area contributed by atoms with E-state index < -0.39 is 31.9 Å². The van der Waals surface area contributed by atoms with Crippen molar-refractivity contribution in [1.29, 1.82) is 0 Å². The van der Waals surface area contributed by atoms with Gasteiger partial charge in [0.1, 0.15) is 8.07 Å². The lowest BCUT2D eigenvalue weighted by Crippen LogP contribution is -2.49. The molecule has 6 heteroatoms. The fourth-order valence-corrected chi connectivity index (χ4v) is 4.15. The molecule has 0 amide bonds. The van der Waals surface area contributed by atoms with Gasteiger partial charge in [0.25, 0.3) is 6.29 Å². The van der Waals surface area contributed by atoms with Crippen molar-refractivity contribution in [3.05, 3.63) is 71.8 Å². The van der Waals surface area contributed by atoms with Gasteiger partial charge in [-0.05, 0) is 30.7 Å². The standard InChI is InChI=1S/C26H30O5Si/c1-6-22-19(2)26(17-18-32(3,4)5,31-24(28)21-15-11-8-12-16-21)25(29-22)30-23(27)20-13-9-7-10-14-20/h7-16,19,22,25H,6H2,1-5H3/t19-,22+,25-,26?/m0/s1. The van der Waals surface area contributed by atoms with Gasteiger partial charge in [-0.25, -0.2) is 9.59 Å². The van der Waals surface area contributed by atoms with Crippen LogP contribution < -0.4 is 0 Å². The van der Waals surface area contributed by atoms with Crippen LogP contribution in [0.1, 0.15) is 41.0 Å². The summed E-state index contributed by atoms with van der Waals surface area (Å²) in [5.74, 6) is 1.86. The number of rotatable bonds is 5. The summed E-state index contributed by atoms with van der Waals surface area (Å²) in [5.41, 5.74) is 2.71. The Morgan fingerprint density at radius 1 is 0.969 bits per heavy atom. The average molecular weight is 451 g/mol. The lowest BCUT2D eigenvalue weighted by molar-refractivity contribution is -0.156. The molecule has 0 spiro atoms.